The molecule has 0 fully saturated rings. The summed E-state index contributed by atoms with van der Waals surface area (Å²) < 4.78 is 0. The molecule has 274 valence electrons. The second kappa shape index (κ2) is 26.0. The number of rotatable bonds is 27. The molecule has 12 N–H and O–H groups in total. The van der Waals surface area contributed by atoms with E-state index in [1.54, 1.807) is 0 Å². The summed E-state index contributed by atoms with van der Waals surface area (Å²) in [6, 6.07) is -2.16. The molecule has 18 nitrogen and oxygen atoms in total. The summed E-state index contributed by atoms with van der Waals surface area (Å²) in [5.41, 5.74) is 21.8. The predicted molar refractivity (Wildman–Crippen MR) is 173 cm³/mol. The van der Waals surface area contributed by atoms with Gasteiger partial charge in [-0.25, -0.2) is 0 Å². The van der Waals surface area contributed by atoms with Crippen LogP contribution < -0.4 is 33.6 Å². The molecule has 0 aromatic heterocycles. The Balaban J connectivity index is 5.70. The van der Waals surface area contributed by atoms with Gasteiger partial charge in [0.05, 0.1) is 13.1 Å². The maximum Gasteiger partial charge on any atom is 0.303 e. The molecule has 0 radical (unpaired) electrons. The molecule has 0 aliphatic heterocycles. The number of carboxylic acids is 2. The number of hydrogen-bond donors (Lipinski definition) is 8. The Morgan fingerprint density at radius 3 is 1.15 bits per heavy atom. The average molecular weight is 687 g/mol. The number of nitrogens with two attached hydrogens (primary N) is 4. The Morgan fingerprint density at radius 1 is 0.500 bits per heavy atom. The highest BCUT2D eigenvalue weighted by molar-refractivity contribution is 6.00. The Hall–Kier alpha value is -4.00. The molecule has 0 unspecified atom stereocenters. The topological polar surface area (TPSA) is 312 Å². The Morgan fingerprint density at radius 2 is 0.854 bits per heavy atom. The zero-order chi connectivity index (χ0) is 36.5. The average Bonchev–Trinajstić information content (AvgIpc) is 3.04. The molecule has 0 aliphatic carbocycles. The van der Waals surface area contributed by atoms with Crippen LogP contribution in [0.3, 0.4) is 0 Å². The SMILES string of the molecule is NCCCC[C@H](NC(=O)CN)C(=O)N(CCCC(=O)O)C(=O)CCCCC(=O)N(CCCC(=O)O)C(=O)[C@H](CCCCN)NC(=O)CN. The Labute approximate surface area is 280 Å². The second-order valence-electron chi connectivity index (χ2n) is 11.2. The van der Waals surface area contributed by atoms with Crippen LogP contribution in [0.2, 0.25) is 0 Å². The first-order valence-corrected chi connectivity index (χ1v) is 16.3. The third kappa shape index (κ3) is 19.0. The molecule has 0 bridgehead atoms. The molecule has 6 amide bonds. The molecule has 0 saturated carbocycles. The van der Waals surface area contributed by atoms with Gasteiger partial charge in [-0.05, 0) is 77.3 Å². The number of carbonyl (C=O) groups is 8. The third-order valence-electron chi connectivity index (χ3n) is 7.24. The van der Waals surface area contributed by atoms with Crippen LogP contribution in [-0.4, -0.2) is 119 Å². The van der Waals surface area contributed by atoms with Gasteiger partial charge in [0.2, 0.25) is 23.6 Å². The molecule has 0 saturated heterocycles. The fourth-order valence-corrected chi connectivity index (χ4v) is 4.70. The molecule has 0 aromatic carbocycles. The van der Waals surface area contributed by atoms with Gasteiger partial charge in [-0.2, -0.15) is 0 Å². The molecular weight excluding hydrogens is 632 g/mol. The van der Waals surface area contributed by atoms with E-state index in [0.29, 0.717) is 38.8 Å². The maximum atomic E-state index is 13.4. The van der Waals surface area contributed by atoms with E-state index < -0.39 is 59.5 Å². The summed E-state index contributed by atoms with van der Waals surface area (Å²) in [7, 11) is 0. The summed E-state index contributed by atoms with van der Waals surface area (Å²) in [4.78, 5) is 101. The molecule has 0 spiro atoms. The highest BCUT2D eigenvalue weighted by atomic mass is 16.4. The van der Waals surface area contributed by atoms with Crippen LogP contribution in [-0.2, 0) is 38.4 Å². The van der Waals surface area contributed by atoms with Crippen LogP contribution in [0.15, 0.2) is 0 Å². The minimum Gasteiger partial charge on any atom is -0.481 e. The van der Waals surface area contributed by atoms with Crippen molar-refractivity contribution in [3.63, 3.8) is 0 Å². The monoisotopic (exact) mass is 686 g/mol. The van der Waals surface area contributed by atoms with Crippen molar-refractivity contribution in [2.24, 2.45) is 22.9 Å². The first kappa shape index (κ1) is 44.0. The number of amides is 6. The molecular formula is C30H54N8O10. The largest absolute Gasteiger partial charge is 0.481 e. The van der Waals surface area contributed by atoms with Gasteiger partial charge in [-0.1, -0.05) is 0 Å². The molecule has 18 heteroatoms. The van der Waals surface area contributed by atoms with Crippen LogP contribution in [0.25, 0.3) is 0 Å². The van der Waals surface area contributed by atoms with Crippen molar-refractivity contribution >= 4 is 47.4 Å². The lowest BCUT2D eigenvalue weighted by atomic mass is 10.1. The lowest BCUT2D eigenvalue weighted by Gasteiger charge is -2.27. The maximum absolute atomic E-state index is 13.4. The second-order valence-corrected chi connectivity index (χ2v) is 11.2. The molecule has 0 rings (SSSR count). The molecule has 0 aromatic rings. The van der Waals surface area contributed by atoms with Gasteiger partial charge in [0.15, 0.2) is 0 Å². The van der Waals surface area contributed by atoms with E-state index in [0.717, 1.165) is 9.80 Å². The van der Waals surface area contributed by atoms with E-state index in [1.807, 2.05) is 0 Å². The number of nitrogens with one attached hydrogen (secondary N) is 2. The zero-order valence-corrected chi connectivity index (χ0v) is 27.7. The normalized spacial score (nSPS) is 12.0. The number of carbonyl (C=O) groups excluding carboxylic acids is 6. The minimum absolute atomic E-state index is 0.0216. The van der Waals surface area contributed by atoms with Crippen molar-refractivity contribution < 1.29 is 48.6 Å². The third-order valence-corrected chi connectivity index (χ3v) is 7.24. The van der Waals surface area contributed by atoms with Crippen molar-refractivity contribution in [3.05, 3.63) is 0 Å². The first-order chi connectivity index (χ1) is 22.8. The summed E-state index contributed by atoms with van der Waals surface area (Å²) >= 11 is 0. The van der Waals surface area contributed by atoms with Crippen molar-refractivity contribution in [2.45, 2.75) is 102 Å². The fourth-order valence-electron chi connectivity index (χ4n) is 4.70. The van der Waals surface area contributed by atoms with E-state index in [-0.39, 0.29) is 90.4 Å². The van der Waals surface area contributed by atoms with Crippen LogP contribution in [0.1, 0.15) is 89.9 Å². The summed E-state index contributed by atoms with van der Waals surface area (Å²) in [6.07, 6.45) is 1.62. The lowest BCUT2D eigenvalue weighted by Crippen LogP contribution is -2.52. The van der Waals surface area contributed by atoms with Crippen LogP contribution >= 0.6 is 0 Å². The van der Waals surface area contributed by atoms with Crippen LogP contribution in [0, 0.1) is 0 Å². The molecule has 2 atom stereocenters. The van der Waals surface area contributed by atoms with Crippen molar-refractivity contribution in [2.75, 3.05) is 39.3 Å². The van der Waals surface area contributed by atoms with Gasteiger partial charge in [0.1, 0.15) is 12.1 Å². The van der Waals surface area contributed by atoms with Crippen molar-refractivity contribution in [1.82, 2.24) is 20.4 Å². The molecule has 48 heavy (non-hydrogen) atoms. The van der Waals surface area contributed by atoms with Crippen molar-refractivity contribution in [3.8, 4) is 0 Å². The number of nitrogens with zero attached hydrogens (tertiary/aromatic N) is 2. The van der Waals surface area contributed by atoms with Crippen LogP contribution in [0.5, 0.6) is 0 Å². The summed E-state index contributed by atoms with van der Waals surface area (Å²) in [6.45, 7) is -0.477. The smallest absolute Gasteiger partial charge is 0.303 e. The Bertz CT molecular complexity index is 992. The minimum atomic E-state index is -1.11. The van der Waals surface area contributed by atoms with E-state index >= 15 is 0 Å². The number of hydrogen-bond acceptors (Lipinski definition) is 12. The van der Waals surface area contributed by atoms with Gasteiger partial charge in [0.25, 0.3) is 11.8 Å². The fraction of sp³-hybridized carbons (Fsp3) is 0.733. The molecule has 0 aliphatic rings. The van der Waals surface area contributed by atoms with Gasteiger partial charge in [-0.15, -0.1) is 0 Å². The highest BCUT2D eigenvalue weighted by Gasteiger charge is 2.31. The number of aliphatic carboxylic acids is 2. The van der Waals surface area contributed by atoms with E-state index in [2.05, 4.69) is 10.6 Å². The first-order valence-electron chi connectivity index (χ1n) is 16.3. The standard InChI is InChI=1S/C30H54N8O10/c31-15-5-3-9-21(35-23(39)19-33)29(47)37(17-7-13-27(43)44)25(41)11-1-2-12-26(42)38(18-8-14-28(45)46)30(48)22(10-4-6-16-32)36-24(40)20-34/h21-22H,1-20,31-34H2,(H,35,39)(H,36,40)(H,43,44)(H,45,46)/t21-,22-/m0/s1. The molecule has 0 heterocycles. The summed E-state index contributed by atoms with van der Waals surface area (Å²) in [5, 5.41) is 23.1. The quantitative estimate of drug-likeness (QED) is 0.0439. The van der Waals surface area contributed by atoms with E-state index in [9.17, 15) is 38.4 Å². The van der Waals surface area contributed by atoms with Gasteiger partial charge in [0, 0.05) is 38.8 Å². The van der Waals surface area contributed by atoms with E-state index in [4.69, 9.17) is 33.1 Å². The highest BCUT2D eigenvalue weighted by Crippen LogP contribution is 2.14. The lowest BCUT2D eigenvalue weighted by molar-refractivity contribution is -0.149. The predicted octanol–water partition coefficient (Wildman–Crippen LogP) is -1.87. The summed E-state index contributed by atoms with van der Waals surface area (Å²) in [5.74, 6) is -6.14. The van der Waals surface area contributed by atoms with E-state index in [1.165, 1.54) is 0 Å². The van der Waals surface area contributed by atoms with Gasteiger partial charge in [-0.3, -0.25) is 48.2 Å². The number of carboxylic acid groups (broad SMARTS) is 2. The van der Waals surface area contributed by atoms with Gasteiger partial charge < -0.3 is 43.8 Å². The van der Waals surface area contributed by atoms with Gasteiger partial charge >= 0.3 is 11.9 Å². The zero-order valence-electron chi connectivity index (χ0n) is 27.7. The van der Waals surface area contributed by atoms with Crippen LogP contribution in [0.4, 0.5) is 0 Å². The van der Waals surface area contributed by atoms with Crippen molar-refractivity contribution in [1.29, 1.82) is 0 Å². The Kier molecular flexibility index (Phi) is 23.8. The number of imide groups is 2. The number of unbranched alkanes of at least 4 members (excludes halogenated alkanes) is 3.